The van der Waals surface area contributed by atoms with Gasteiger partial charge < -0.3 is 4.40 Å². The minimum Gasteiger partial charge on any atom is -0.307 e. The van der Waals surface area contributed by atoms with Gasteiger partial charge in [0.05, 0.1) is 16.6 Å². The van der Waals surface area contributed by atoms with Crippen LogP contribution in [0, 0.1) is 6.92 Å². The van der Waals surface area contributed by atoms with Crippen LogP contribution in [0.4, 0.5) is 0 Å². The smallest absolute Gasteiger partial charge is 0.213 e. The maximum absolute atomic E-state index is 14.4. The number of nitrogens with zero attached hydrogens (tertiary/aromatic N) is 2. The second kappa shape index (κ2) is 9.84. The zero-order chi connectivity index (χ0) is 32.0. The molecular formula is C41H39N2O2+. The first-order valence-electron chi connectivity index (χ1n) is 15.7. The zero-order valence-electron chi connectivity index (χ0n) is 27.4. The average Bonchev–Trinajstić information content (AvgIpc) is 3.00. The van der Waals surface area contributed by atoms with Gasteiger partial charge in [-0.3, -0.25) is 9.59 Å². The van der Waals surface area contributed by atoms with Crippen molar-refractivity contribution in [2.75, 3.05) is 0 Å². The highest BCUT2D eigenvalue weighted by Crippen LogP contribution is 2.35. The van der Waals surface area contributed by atoms with Crippen molar-refractivity contribution >= 4 is 38.1 Å². The highest BCUT2D eigenvalue weighted by molar-refractivity contribution is 6.09. The lowest BCUT2D eigenvalue weighted by molar-refractivity contribution is -0.660. The van der Waals surface area contributed by atoms with Crippen molar-refractivity contribution in [3.8, 4) is 22.4 Å². The summed E-state index contributed by atoms with van der Waals surface area (Å²) < 4.78 is 4.29. The fourth-order valence-corrected chi connectivity index (χ4v) is 6.68. The van der Waals surface area contributed by atoms with Crippen LogP contribution in [0.2, 0.25) is 0 Å². The minimum absolute atomic E-state index is 0.0522. The Labute approximate surface area is 263 Å². The molecule has 3 heterocycles. The van der Waals surface area contributed by atoms with Crippen LogP contribution >= 0.6 is 0 Å². The first-order chi connectivity index (χ1) is 21.2. The van der Waals surface area contributed by atoms with Crippen molar-refractivity contribution in [2.24, 2.45) is 7.05 Å². The largest absolute Gasteiger partial charge is 0.307 e. The van der Waals surface area contributed by atoms with Crippen molar-refractivity contribution in [3.05, 3.63) is 128 Å². The molecule has 0 N–H and O–H groups in total. The molecule has 45 heavy (non-hydrogen) atoms. The zero-order valence-corrected chi connectivity index (χ0v) is 27.4. The predicted molar refractivity (Wildman–Crippen MR) is 188 cm³/mol. The Bertz CT molecular complexity index is 2330. The van der Waals surface area contributed by atoms with Gasteiger partial charge in [-0.05, 0) is 88.0 Å². The summed E-state index contributed by atoms with van der Waals surface area (Å²) in [6.07, 6.45) is 2.05. The van der Waals surface area contributed by atoms with Crippen LogP contribution in [0.15, 0.2) is 101 Å². The molecule has 7 aromatic rings. The van der Waals surface area contributed by atoms with E-state index in [1.165, 1.54) is 5.56 Å². The molecular weight excluding hydrogens is 552 g/mol. The molecule has 0 spiro atoms. The van der Waals surface area contributed by atoms with Crippen LogP contribution in [-0.4, -0.2) is 4.40 Å². The summed E-state index contributed by atoms with van der Waals surface area (Å²) in [4.78, 5) is 28.8. The van der Waals surface area contributed by atoms with Crippen LogP contribution in [0.1, 0.15) is 58.2 Å². The van der Waals surface area contributed by atoms with E-state index in [-0.39, 0.29) is 21.7 Å². The number of aromatic nitrogens is 2. The van der Waals surface area contributed by atoms with Crippen LogP contribution in [0.3, 0.4) is 0 Å². The minimum atomic E-state index is -0.106. The van der Waals surface area contributed by atoms with Gasteiger partial charge in [0.25, 0.3) is 0 Å². The summed E-state index contributed by atoms with van der Waals surface area (Å²) in [5.41, 5.74) is 9.53. The van der Waals surface area contributed by atoms with Crippen molar-refractivity contribution in [2.45, 2.75) is 59.3 Å². The maximum Gasteiger partial charge on any atom is 0.213 e. The third-order valence-electron chi connectivity index (χ3n) is 9.43. The van der Waals surface area contributed by atoms with Gasteiger partial charge >= 0.3 is 0 Å². The van der Waals surface area contributed by atoms with E-state index in [1.54, 1.807) is 0 Å². The van der Waals surface area contributed by atoms with E-state index in [0.29, 0.717) is 27.1 Å². The van der Waals surface area contributed by atoms with Crippen LogP contribution in [0.5, 0.6) is 0 Å². The Morgan fingerprint density at radius 2 is 1.13 bits per heavy atom. The van der Waals surface area contributed by atoms with E-state index in [2.05, 4.69) is 112 Å². The molecule has 0 bridgehead atoms. The summed E-state index contributed by atoms with van der Waals surface area (Å²) in [5.74, 6) is 0. The summed E-state index contributed by atoms with van der Waals surface area (Å²) in [6.45, 7) is 15.2. The molecule has 0 saturated heterocycles. The van der Waals surface area contributed by atoms with Gasteiger partial charge in [0, 0.05) is 39.2 Å². The number of pyridine rings is 3. The van der Waals surface area contributed by atoms with Gasteiger partial charge in [-0.1, -0.05) is 71.9 Å². The molecule has 0 radical (unpaired) electrons. The Kier molecular flexibility index (Phi) is 6.32. The van der Waals surface area contributed by atoms with Crippen LogP contribution in [-0.2, 0) is 17.9 Å². The van der Waals surface area contributed by atoms with Gasteiger partial charge in [-0.15, -0.1) is 0 Å². The Morgan fingerprint density at radius 3 is 1.64 bits per heavy atom. The molecule has 0 fully saturated rings. The summed E-state index contributed by atoms with van der Waals surface area (Å²) >= 11 is 0. The molecule has 4 heteroatoms. The highest BCUT2D eigenvalue weighted by atomic mass is 16.1. The third kappa shape index (κ3) is 4.54. The van der Waals surface area contributed by atoms with Crippen molar-refractivity contribution in [3.63, 3.8) is 0 Å². The Hall–Kier alpha value is -4.83. The summed E-state index contributed by atoms with van der Waals surface area (Å²) in [6, 6.07) is 28.9. The number of hydrogen-bond donors (Lipinski definition) is 0. The van der Waals surface area contributed by atoms with E-state index < -0.39 is 0 Å². The molecule has 0 saturated carbocycles. The molecule has 0 unspecified atom stereocenters. The van der Waals surface area contributed by atoms with Gasteiger partial charge in [0.15, 0.2) is 17.1 Å². The fourth-order valence-electron chi connectivity index (χ4n) is 6.68. The number of hydrogen-bond acceptors (Lipinski definition) is 2. The first kappa shape index (κ1) is 28.9. The lowest BCUT2D eigenvalue weighted by Crippen LogP contribution is -2.30. The molecule has 4 aromatic carbocycles. The lowest BCUT2D eigenvalue weighted by Gasteiger charge is -2.23. The molecule has 0 amide bonds. The standard InChI is InChI=1S/C41H39N2O2/c1-24-11-9-10-12-29(24)34-21-25(17-18-42(34)8)26-19-32-37-33(20-26)39(45)31-16-14-28(41(5,6)7)23-36(31)43(37)35-22-27(40(2,3)4)13-15-30(35)38(32)44/h9-23H,1-8H3/q+1. The van der Waals surface area contributed by atoms with Crippen LogP contribution in [0.25, 0.3) is 60.5 Å². The van der Waals surface area contributed by atoms with Crippen molar-refractivity contribution < 1.29 is 4.57 Å². The van der Waals surface area contributed by atoms with Gasteiger partial charge in [0.2, 0.25) is 5.69 Å². The quantitative estimate of drug-likeness (QED) is 0.115. The third-order valence-corrected chi connectivity index (χ3v) is 9.43. The van der Waals surface area contributed by atoms with Crippen LogP contribution < -0.4 is 15.4 Å². The molecule has 0 aliphatic heterocycles. The average molecular weight is 592 g/mol. The molecule has 7 rings (SSSR count). The normalized spacial score (nSPS) is 12.6. The summed E-state index contributed by atoms with van der Waals surface area (Å²) in [7, 11) is 2.04. The summed E-state index contributed by atoms with van der Waals surface area (Å²) in [5, 5.41) is 2.42. The highest BCUT2D eigenvalue weighted by Gasteiger charge is 2.23. The SMILES string of the molecule is Cc1ccccc1-c1cc(-c2cc3c(=O)c4ccc(C(C)(C)C)cc4n4c5cc(C(C)(C)C)ccc5c(=O)c(c2)c34)cc[n+]1C. The molecule has 0 aliphatic carbocycles. The van der Waals surface area contributed by atoms with E-state index in [0.717, 1.165) is 44.5 Å². The second-order valence-electron chi connectivity index (χ2n) is 14.6. The molecule has 4 nitrogen and oxygen atoms in total. The van der Waals surface area contributed by atoms with Crippen molar-refractivity contribution in [1.82, 2.24) is 4.40 Å². The molecule has 0 atom stereocenters. The molecule has 224 valence electrons. The van der Waals surface area contributed by atoms with Gasteiger partial charge in [-0.25, -0.2) is 4.57 Å². The fraction of sp³-hybridized carbons (Fsp3) is 0.244. The molecule has 3 aromatic heterocycles. The lowest BCUT2D eigenvalue weighted by atomic mass is 9.85. The second-order valence-corrected chi connectivity index (χ2v) is 14.6. The maximum atomic E-state index is 14.4. The number of rotatable bonds is 2. The van der Waals surface area contributed by atoms with E-state index in [9.17, 15) is 9.59 Å². The van der Waals surface area contributed by atoms with E-state index >= 15 is 0 Å². The Balaban J connectivity index is 1.65. The van der Waals surface area contributed by atoms with Crippen molar-refractivity contribution in [1.29, 1.82) is 0 Å². The van der Waals surface area contributed by atoms with E-state index in [1.807, 2.05) is 43.6 Å². The Morgan fingerprint density at radius 1 is 0.600 bits per heavy atom. The van der Waals surface area contributed by atoms with E-state index in [4.69, 9.17) is 0 Å². The number of fused-ring (bicyclic) bond motifs is 4. The monoisotopic (exact) mass is 591 g/mol. The predicted octanol–water partition coefficient (Wildman–Crippen LogP) is 8.62. The first-order valence-corrected chi connectivity index (χ1v) is 15.7. The topological polar surface area (TPSA) is 42.4 Å². The van der Waals surface area contributed by atoms with Gasteiger partial charge in [-0.2, -0.15) is 0 Å². The number of benzene rings is 4. The van der Waals surface area contributed by atoms with Gasteiger partial charge in [0.1, 0.15) is 7.05 Å². The molecule has 0 aliphatic rings. The number of aryl methyl sites for hydroxylation is 2.